The molecule has 7 nitrogen and oxygen atoms in total. The van der Waals surface area contributed by atoms with E-state index in [1.165, 1.54) is 12.7 Å². The van der Waals surface area contributed by atoms with Gasteiger partial charge in [-0.15, -0.1) is 0 Å². The molecule has 0 unspecified atom stereocenters. The molecule has 1 aliphatic heterocycles. The van der Waals surface area contributed by atoms with E-state index in [4.69, 9.17) is 9.47 Å². The van der Waals surface area contributed by atoms with E-state index >= 15 is 0 Å². The molecule has 1 fully saturated rings. The van der Waals surface area contributed by atoms with E-state index in [1.54, 1.807) is 12.1 Å². The number of likely N-dealkylation sites (tertiary alicyclic amines) is 1. The van der Waals surface area contributed by atoms with E-state index in [9.17, 15) is 9.59 Å². The predicted molar refractivity (Wildman–Crippen MR) is 126 cm³/mol. The van der Waals surface area contributed by atoms with Crippen molar-refractivity contribution in [3.8, 4) is 0 Å². The fraction of sp³-hybridized carbons (Fsp3) is 0.423. The van der Waals surface area contributed by atoms with Crippen molar-refractivity contribution >= 4 is 23.1 Å². The van der Waals surface area contributed by atoms with Gasteiger partial charge in [0.2, 0.25) is 0 Å². The summed E-state index contributed by atoms with van der Waals surface area (Å²) in [7, 11) is 1.38. The molecule has 33 heavy (non-hydrogen) atoms. The molecular weight excluding hydrogens is 418 g/mol. The number of amides is 1. The lowest BCUT2D eigenvalue weighted by molar-refractivity contribution is 0.0205. The second kappa shape index (κ2) is 9.25. The number of pyridine rings is 1. The number of rotatable bonds is 4. The van der Waals surface area contributed by atoms with Crippen LogP contribution in [0.15, 0.2) is 48.8 Å². The summed E-state index contributed by atoms with van der Waals surface area (Å²) < 4.78 is 12.4. The number of hydrogen-bond acceptors (Lipinski definition) is 5. The molecule has 0 aliphatic carbocycles. The standard InChI is InChI=1S/C26H31N3O4/c1-26(2,3)33-25(31)28-14-10-19(11-15-28)21-9-13-27-23-22(21)12-16-29(23)17-18-5-7-20(8-6-18)24(30)32-4/h5-9,12-13,16,19H,10-11,14-15,17H2,1-4H3. The number of carbonyl (C=O) groups is 2. The van der Waals surface area contributed by atoms with Crippen LogP contribution in [-0.4, -0.2) is 52.3 Å². The topological polar surface area (TPSA) is 73.7 Å². The molecule has 0 radical (unpaired) electrons. The maximum absolute atomic E-state index is 12.4. The summed E-state index contributed by atoms with van der Waals surface area (Å²) in [6.07, 6.45) is 5.50. The first kappa shape index (κ1) is 22.8. The number of benzene rings is 1. The number of piperidine rings is 1. The van der Waals surface area contributed by atoms with Crippen LogP contribution < -0.4 is 0 Å². The third kappa shape index (κ3) is 5.18. The summed E-state index contributed by atoms with van der Waals surface area (Å²) in [5.41, 5.74) is 3.37. The molecule has 1 saturated heterocycles. The summed E-state index contributed by atoms with van der Waals surface area (Å²) in [5.74, 6) is 0.0429. The third-order valence-electron chi connectivity index (χ3n) is 6.01. The summed E-state index contributed by atoms with van der Waals surface area (Å²) >= 11 is 0. The average molecular weight is 450 g/mol. The zero-order valence-corrected chi connectivity index (χ0v) is 19.7. The van der Waals surface area contributed by atoms with Crippen LogP contribution >= 0.6 is 0 Å². The maximum atomic E-state index is 12.4. The molecular formula is C26H31N3O4. The first-order valence-corrected chi connectivity index (χ1v) is 11.3. The number of methoxy groups -OCH3 is 1. The van der Waals surface area contributed by atoms with Crippen LogP contribution in [0.2, 0.25) is 0 Å². The minimum atomic E-state index is -0.478. The van der Waals surface area contributed by atoms with Crippen LogP contribution in [0.3, 0.4) is 0 Å². The lowest BCUT2D eigenvalue weighted by atomic mass is 9.88. The lowest BCUT2D eigenvalue weighted by Crippen LogP contribution is -2.41. The normalized spacial score (nSPS) is 15.0. The van der Waals surface area contributed by atoms with Gasteiger partial charge in [-0.1, -0.05) is 12.1 Å². The lowest BCUT2D eigenvalue weighted by Gasteiger charge is -2.33. The molecule has 1 amide bonds. The maximum Gasteiger partial charge on any atom is 0.410 e. The van der Waals surface area contributed by atoms with E-state index in [0.717, 1.165) is 29.4 Å². The van der Waals surface area contributed by atoms with Gasteiger partial charge in [-0.3, -0.25) is 0 Å². The van der Waals surface area contributed by atoms with Crippen molar-refractivity contribution in [3.05, 3.63) is 65.5 Å². The molecule has 4 rings (SSSR count). The van der Waals surface area contributed by atoms with Crippen molar-refractivity contribution < 1.29 is 19.1 Å². The molecule has 2 aromatic heterocycles. The van der Waals surface area contributed by atoms with Gasteiger partial charge in [-0.2, -0.15) is 0 Å². The van der Waals surface area contributed by atoms with Gasteiger partial charge in [-0.05, 0) is 74.9 Å². The van der Waals surface area contributed by atoms with Crippen LogP contribution in [0.1, 0.15) is 61.0 Å². The fourth-order valence-corrected chi connectivity index (χ4v) is 4.36. The van der Waals surface area contributed by atoms with Gasteiger partial charge >= 0.3 is 12.1 Å². The number of ether oxygens (including phenoxy) is 2. The first-order chi connectivity index (χ1) is 15.7. The van der Waals surface area contributed by atoms with Gasteiger partial charge in [0.25, 0.3) is 0 Å². The van der Waals surface area contributed by atoms with E-state index in [-0.39, 0.29) is 12.1 Å². The fourth-order valence-electron chi connectivity index (χ4n) is 4.36. The molecule has 1 aromatic carbocycles. The Hall–Kier alpha value is -3.35. The third-order valence-corrected chi connectivity index (χ3v) is 6.01. The zero-order valence-electron chi connectivity index (χ0n) is 19.7. The van der Waals surface area contributed by atoms with Gasteiger partial charge in [0.15, 0.2) is 0 Å². The number of carbonyl (C=O) groups excluding carboxylic acids is 2. The van der Waals surface area contributed by atoms with Crippen molar-refractivity contribution in [1.82, 2.24) is 14.5 Å². The first-order valence-electron chi connectivity index (χ1n) is 11.3. The SMILES string of the molecule is COC(=O)c1ccc(Cn2ccc3c(C4CCN(C(=O)OC(C)(C)C)CC4)ccnc32)cc1. The van der Waals surface area contributed by atoms with E-state index < -0.39 is 5.60 Å². The Bertz CT molecular complexity index is 1140. The smallest absolute Gasteiger partial charge is 0.410 e. The summed E-state index contributed by atoms with van der Waals surface area (Å²) in [6, 6.07) is 11.7. The van der Waals surface area contributed by atoms with Crippen molar-refractivity contribution in [3.63, 3.8) is 0 Å². The Morgan fingerprint density at radius 1 is 1.06 bits per heavy atom. The van der Waals surface area contributed by atoms with E-state index in [1.807, 2.05) is 44.0 Å². The van der Waals surface area contributed by atoms with Crippen molar-refractivity contribution in [2.45, 2.75) is 51.7 Å². The van der Waals surface area contributed by atoms with Gasteiger partial charge in [-0.25, -0.2) is 14.6 Å². The van der Waals surface area contributed by atoms with Crippen LogP contribution in [-0.2, 0) is 16.0 Å². The number of fused-ring (bicyclic) bond motifs is 1. The van der Waals surface area contributed by atoms with Crippen molar-refractivity contribution in [1.29, 1.82) is 0 Å². The number of hydrogen-bond donors (Lipinski definition) is 0. The number of nitrogens with zero attached hydrogens (tertiary/aromatic N) is 3. The molecule has 0 saturated carbocycles. The second-order valence-electron chi connectivity index (χ2n) is 9.51. The zero-order chi connectivity index (χ0) is 23.6. The van der Waals surface area contributed by atoms with Crippen LogP contribution in [0.25, 0.3) is 11.0 Å². The minimum Gasteiger partial charge on any atom is -0.465 e. The highest BCUT2D eigenvalue weighted by Crippen LogP contribution is 2.33. The van der Waals surface area contributed by atoms with Crippen molar-refractivity contribution in [2.24, 2.45) is 0 Å². The Labute approximate surface area is 194 Å². The average Bonchev–Trinajstić information content (AvgIpc) is 3.21. The van der Waals surface area contributed by atoms with Gasteiger partial charge in [0.1, 0.15) is 11.2 Å². The highest BCUT2D eigenvalue weighted by molar-refractivity contribution is 5.89. The Balaban J connectivity index is 1.47. The van der Waals surface area contributed by atoms with E-state index in [0.29, 0.717) is 31.1 Å². The highest BCUT2D eigenvalue weighted by atomic mass is 16.6. The van der Waals surface area contributed by atoms with Gasteiger partial charge in [0.05, 0.1) is 12.7 Å². The molecule has 0 bridgehead atoms. The molecule has 174 valence electrons. The van der Waals surface area contributed by atoms with Gasteiger partial charge in [0, 0.05) is 37.4 Å². The molecule has 0 spiro atoms. The monoisotopic (exact) mass is 449 g/mol. The van der Waals surface area contributed by atoms with Crippen molar-refractivity contribution in [2.75, 3.05) is 20.2 Å². The van der Waals surface area contributed by atoms with Gasteiger partial charge < -0.3 is 18.9 Å². The Morgan fingerprint density at radius 2 is 1.76 bits per heavy atom. The predicted octanol–water partition coefficient (Wildman–Crippen LogP) is 4.99. The minimum absolute atomic E-state index is 0.231. The highest BCUT2D eigenvalue weighted by Gasteiger charge is 2.28. The van der Waals surface area contributed by atoms with Crippen LogP contribution in [0.5, 0.6) is 0 Å². The largest absolute Gasteiger partial charge is 0.465 e. The number of aromatic nitrogens is 2. The summed E-state index contributed by atoms with van der Waals surface area (Å²) in [4.78, 5) is 30.5. The molecule has 0 atom stereocenters. The molecule has 0 N–H and O–H groups in total. The molecule has 3 aromatic rings. The molecule has 1 aliphatic rings. The van der Waals surface area contributed by atoms with E-state index in [2.05, 4.69) is 27.9 Å². The number of esters is 1. The molecule has 3 heterocycles. The second-order valence-corrected chi connectivity index (χ2v) is 9.51. The molecule has 7 heteroatoms. The Kier molecular flexibility index (Phi) is 6.40. The summed E-state index contributed by atoms with van der Waals surface area (Å²) in [5, 5.41) is 1.15. The Morgan fingerprint density at radius 3 is 2.39 bits per heavy atom. The quantitative estimate of drug-likeness (QED) is 0.525. The summed E-state index contributed by atoms with van der Waals surface area (Å²) in [6.45, 7) is 7.72. The van der Waals surface area contributed by atoms with Crippen LogP contribution in [0, 0.1) is 0 Å². The van der Waals surface area contributed by atoms with Crippen LogP contribution in [0.4, 0.5) is 4.79 Å².